The maximum absolute atomic E-state index is 13.7. The van der Waals surface area contributed by atoms with Crippen molar-refractivity contribution < 1.29 is 18.6 Å². The highest BCUT2D eigenvalue weighted by Crippen LogP contribution is 2.36. The highest BCUT2D eigenvalue weighted by atomic mass is 32.1. The number of rotatable bonds is 3. The van der Waals surface area contributed by atoms with Crippen LogP contribution >= 0.6 is 11.3 Å². The van der Waals surface area contributed by atoms with Gasteiger partial charge in [0.25, 0.3) is 0 Å². The Kier molecular flexibility index (Phi) is 3.63. The first kappa shape index (κ1) is 13.0. The molecule has 0 aliphatic rings. The lowest BCUT2D eigenvalue weighted by Crippen LogP contribution is -2.04. The van der Waals surface area contributed by atoms with Gasteiger partial charge in [0.2, 0.25) is 0 Å². The normalized spacial score (nSPS) is 12.5. The van der Waals surface area contributed by atoms with Gasteiger partial charge in [-0.1, -0.05) is 0 Å². The smallest absolute Gasteiger partial charge is 0.135 e. The molecule has 1 aromatic carbocycles. The number of aliphatic hydroxyl groups is 1. The molecule has 0 saturated carbocycles. The monoisotopic (exact) mass is 270 g/mol. The first-order valence-electron chi connectivity index (χ1n) is 5.29. The summed E-state index contributed by atoms with van der Waals surface area (Å²) in [6.07, 6.45) is -1.15. The third kappa shape index (κ3) is 2.23. The van der Waals surface area contributed by atoms with E-state index in [2.05, 4.69) is 0 Å². The fraction of sp³-hybridized carbons (Fsp3) is 0.231. The van der Waals surface area contributed by atoms with E-state index in [0.29, 0.717) is 16.2 Å². The van der Waals surface area contributed by atoms with Crippen LogP contribution in [-0.4, -0.2) is 12.2 Å². The Labute approximate surface area is 107 Å². The highest BCUT2D eigenvalue weighted by molar-refractivity contribution is 7.10. The summed E-state index contributed by atoms with van der Waals surface area (Å²) in [5.41, 5.74) is 0.343. The molecule has 1 unspecified atom stereocenters. The summed E-state index contributed by atoms with van der Waals surface area (Å²) in [5, 5.41) is 11.9. The Balaban J connectivity index is 2.46. The van der Waals surface area contributed by atoms with Crippen LogP contribution in [0.25, 0.3) is 0 Å². The summed E-state index contributed by atoms with van der Waals surface area (Å²) in [6.45, 7) is 1.52. The van der Waals surface area contributed by atoms with Crippen LogP contribution in [0.1, 0.15) is 22.1 Å². The quantitative estimate of drug-likeness (QED) is 0.926. The summed E-state index contributed by atoms with van der Waals surface area (Å²) in [4.78, 5) is 0.502. The largest absolute Gasteiger partial charge is 0.495 e. The number of hydrogen-bond acceptors (Lipinski definition) is 3. The second-order valence-electron chi connectivity index (χ2n) is 3.88. The minimum atomic E-state index is -1.15. The number of aliphatic hydroxyl groups excluding tert-OH is 1. The lowest BCUT2D eigenvalue weighted by molar-refractivity contribution is 0.213. The average Bonchev–Trinajstić information content (AvgIpc) is 2.81. The molecule has 1 heterocycles. The van der Waals surface area contributed by atoms with Crippen molar-refractivity contribution >= 4 is 11.3 Å². The molecular weight excluding hydrogens is 258 g/mol. The van der Waals surface area contributed by atoms with Crippen molar-refractivity contribution in [3.8, 4) is 5.75 Å². The lowest BCUT2D eigenvalue weighted by Gasteiger charge is -2.13. The molecule has 1 N–H and O–H groups in total. The Morgan fingerprint density at radius 3 is 2.67 bits per heavy atom. The molecule has 2 nitrogen and oxygen atoms in total. The molecule has 0 saturated heterocycles. The number of methoxy groups -OCH3 is 1. The van der Waals surface area contributed by atoms with Gasteiger partial charge in [-0.25, -0.2) is 8.78 Å². The van der Waals surface area contributed by atoms with Crippen molar-refractivity contribution in [3.63, 3.8) is 0 Å². The van der Waals surface area contributed by atoms with E-state index in [0.717, 1.165) is 6.07 Å². The van der Waals surface area contributed by atoms with Crippen molar-refractivity contribution in [2.45, 2.75) is 13.0 Å². The second-order valence-corrected chi connectivity index (χ2v) is 4.83. The zero-order valence-electron chi connectivity index (χ0n) is 9.91. The molecular formula is C13H12F2O2S. The van der Waals surface area contributed by atoms with Crippen LogP contribution in [0.3, 0.4) is 0 Å². The minimum Gasteiger partial charge on any atom is -0.495 e. The topological polar surface area (TPSA) is 29.5 Å². The lowest BCUT2D eigenvalue weighted by atomic mass is 10.0. The molecule has 0 fully saturated rings. The molecule has 2 rings (SSSR count). The number of ether oxygens (including phenoxy) is 1. The molecule has 0 radical (unpaired) electrons. The number of thiophene rings is 1. The van der Waals surface area contributed by atoms with E-state index in [1.54, 1.807) is 11.4 Å². The standard InChI is InChI=1S/C13H12F2O2S/c1-7-5-8(10(15)6-9(7)14)12(16)13-11(17-2)3-4-18-13/h3-6,12,16H,1-2H3. The third-order valence-electron chi connectivity index (χ3n) is 2.70. The summed E-state index contributed by atoms with van der Waals surface area (Å²) in [7, 11) is 1.48. The van der Waals surface area contributed by atoms with Gasteiger partial charge in [-0.05, 0) is 30.0 Å². The Hall–Kier alpha value is -1.46. The molecule has 96 valence electrons. The van der Waals surface area contributed by atoms with Crippen LogP contribution in [0, 0.1) is 18.6 Å². The maximum atomic E-state index is 13.7. The van der Waals surface area contributed by atoms with E-state index in [9.17, 15) is 13.9 Å². The van der Waals surface area contributed by atoms with Gasteiger partial charge >= 0.3 is 0 Å². The van der Waals surface area contributed by atoms with Gasteiger partial charge in [0.15, 0.2) is 0 Å². The second kappa shape index (κ2) is 5.04. The Morgan fingerprint density at radius 1 is 1.28 bits per heavy atom. The molecule has 0 aliphatic carbocycles. The first-order valence-corrected chi connectivity index (χ1v) is 6.17. The van der Waals surface area contributed by atoms with Gasteiger partial charge in [-0.2, -0.15) is 0 Å². The summed E-state index contributed by atoms with van der Waals surface area (Å²) in [5.74, 6) is -0.892. The van der Waals surface area contributed by atoms with Crippen molar-refractivity contribution in [2.75, 3.05) is 7.11 Å². The van der Waals surface area contributed by atoms with E-state index >= 15 is 0 Å². The first-order chi connectivity index (χ1) is 8.54. The van der Waals surface area contributed by atoms with Gasteiger partial charge in [0.1, 0.15) is 23.5 Å². The zero-order chi connectivity index (χ0) is 13.3. The van der Waals surface area contributed by atoms with E-state index in [4.69, 9.17) is 4.74 Å². The fourth-order valence-corrected chi connectivity index (χ4v) is 2.57. The van der Waals surface area contributed by atoms with Gasteiger partial charge < -0.3 is 9.84 Å². The van der Waals surface area contributed by atoms with Crippen LogP contribution in [-0.2, 0) is 0 Å². The summed E-state index contributed by atoms with van der Waals surface area (Å²) < 4.78 is 31.9. The van der Waals surface area contributed by atoms with Gasteiger partial charge in [0, 0.05) is 11.6 Å². The van der Waals surface area contributed by atoms with E-state index in [1.807, 2.05) is 0 Å². The number of halogens is 2. The molecule has 2 aromatic rings. The van der Waals surface area contributed by atoms with Crippen molar-refractivity contribution in [1.29, 1.82) is 0 Å². The van der Waals surface area contributed by atoms with Crippen molar-refractivity contribution in [1.82, 2.24) is 0 Å². The molecule has 18 heavy (non-hydrogen) atoms. The Morgan fingerprint density at radius 2 is 2.00 bits per heavy atom. The molecule has 5 heteroatoms. The Bertz CT molecular complexity index is 566. The number of benzene rings is 1. The van der Waals surface area contributed by atoms with Crippen LogP contribution < -0.4 is 4.74 Å². The van der Waals surface area contributed by atoms with Crippen molar-refractivity contribution in [2.24, 2.45) is 0 Å². The van der Waals surface area contributed by atoms with Crippen LogP contribution in [0.15, 0.2) is 23.6 Å². The predicted octanol–water partition coefficient (Wildman–Crippen LogP) is 3.43. The number of aryl methyl sites for hydroxylation is 1. The van der Waals surface area contributed by atoms with E-state index in [1.165, 1.54) is 31.4 Å². The molecule has 1 atom stereocenters. The molecule has 0 amide bonds. The SMILES string of the molecule is COc1ccsc1C(O)c1cc(C)c(F)cc1F. The van der Waals surface area contributed by atoms with Crippen LogP contribution in [0.4, 0.5) is 8.78 Å². The molecule has 0 spiro atoms. The zero-order valence-corrected chi connectivity index (χ0v) is 10.7. The maximum Gasteiger partial charge on any atom is 0.135 e. The average molecular weight is 270 g/mol. The van der Waals surface area contributed by atoms with Gasteiger partial charge in [-0.15, -0.1) is 11.3 Å². The minimum absolute atomic E-state index is 0.0506. The van der Waals surface area contributed by atoms with E-state index in [-0.39, 0.29) is 5.56 Å². The predicted molar refractivity (Wildman–Crippen MR) is 66.0 cm³/mol. The molecule has 0 aliphatic heterocycles. The molecule has 1 aromatic heterocycles. The summed E-state index contributed by atoms with van der Waals surface area (Å²) >= 11 is 1.26. The van der Waals surface area contributed by atoms with Crippen molar-refractivity contribution in [3.05, 3.63) is 51.2 Å². The van der Waals surface area contributed by atoms with Gasteiger partial charge in [0.05, 0.1) is 12.0 Å². The van der Waals surface area contributed by atoms with E-state index < -0.39 is 17.7 Å². The van der Waals surface area contributed by atoms with Gasteiger partial charge in [-0.3, -0.25) is 0 Å². The van der Waals surface area contributed by atoms with Crippen LogP contribution in [0.2, 0.25) is 0 Å². The van der Waals surface area contributed by atoms with Crippen LogP contribution in [0.5, 0.6) is 5.75 Å². The summed E-state index contributed by atoms with van der Waals surface area (Å²) in [6, 6.07) is 3.79. The highest BCUT2D eigenvalue weighted by Gasteiger charge is 2.21. The third-order valence-corrected chi connectivity index (χ3v) is 3.65. The molecule has 0 bridgehead atoms. The fourth-order valence-electron chi connectivity index (χ4n) is 1.71. The number of hydrogen-bond donors (Lipinski definition) is 1.